The van der Waals surface area contributed by atoms with E-state index in [0.29, 0.717) is 0 Å². The molecular weight excluding hydrogens is 315 g/mol. The first-order valence-corrected chi connectivity index (χ1v) is 8.13. The van der Waals surface area contributed by atoms with E-state index >= 15 is 0 Å². The van der Waals surface area contributed by atoms with Gasteiger partial charge in [0.15, 0.2) is 0 Å². The van der Waals surface area contributed by atoms with Crippen molar-refractivity contribution in [1.29, 1.82) is 0 Å². The third kappa shape index (κ3) is 5.32. The quantitative estimate of drug-likeness (QED) is 0.302. The van der Waals surface area contributed by atoms with Crippen LogP contribution >= 0.6 is 22.6 Å². The minimum Gasteiger partial charge on any atom is -0.379 e. The van der Waals surface area contributed by atoms with E-state index in [-0.39, 0.29) is 5.60 Å². The predicted octanol–water partition coefficient (Wildman–Crippen LogP) is 3.96. The van der Waals surface area contributed by atoms with E-state index in [1.165, 1.54) is 38.5 Å². The molecule has 1 fully saturated rings. The van der Waals surface area contributed by atoms with E-state index in [0.717, 1.165) is 30.7 Å². The number of ether oxygens (including phenoxy) is 2. The van der Waals surface area contributed by atoms with Crippen molar-refractivity contribution in [1.82, 2.24) is 0 Å². The van der Waals surface area contributed by atoms with Crippen molar-refractivity contribution < 1.29 is 9.47 Å². The zero-order chi connectivity index (χ0) is 11.7. The molecule has 1 aliphatic rings. The molecule has 0 unspecified atom stereocenters. The van der Waals surface area contributed by atoms with Gasteiger partial charge in [-0.25, -0.2) is 0 Å². The molecule has 1 aliphatic carbocycles. The molecule has 0 N–H and O–H groups in total. The number of halogens is 1. The lowest BCUT2D eigenvalue weighted by atomic mass is 9.97. The summed E-state index contributed by atoms with van der Waals surface area (Å²) in [6.07, 6.45) is 9.00. The van der Waals surface area contributed by atoms with Gasteiger partial charge in [-0.3, -0.25) is 0 Å². The van der Waals surface area contributed by atoms with Gasteiger partial charge in [0.25, 0.3) is 0 Å². The van der Waals surface area contributed by atoms with Gasteiger partial charge in [-0.2, -0.15) is 0 Å². The molecule has 0 amide bonds. The number of hydrogen-bond acceptors (Lipinski definition) is 2. The summed E-state index contributed by atoms with van der Waals surface area (Å²) in [5, 5.41) is 0. The van der Waals surface area contributed by atoms with Gasteiger partial charge < -0.3 is 9.47 Å². The molecule has 96 valence electrons. The van der Waals surface area contributed by atoms with Gasteiger partial charge in [0.05, 0.1) is 18.8 Å². The second-order valence-electron chi connectivity index (χ2n) is 4.69. The van der Waals surface area contributed by atoms with Crippen LogP contribution in [0.3, 0.4) is 0 Å². The van der Waals surface area contributed by atoms with Crippen molar-refractivity contribution in [2.75, 3.05) is 24.2 Å². The molecule has 0 atom stereocenters. The third-order valence-electron chi connectivity index (χ3n) is 3.24. The van der Waals surface area contributed by atoms with Crippen LogP contribution in [0.15, 0.2) is 0 Å². The average Bonchev–Trinajstić information content (AvgIpc) is 2.55. The fourth-order valence-electron chi connectivity index (χ4n) is 2.25. The Morgan fingerprint density at radius 2 is 1.69 bits per heavy atom. The Kier molecular flexibility index (Phi) is 8.00. The van der Waals surface area contributed by atoms with Gasteiger partial charge in [-0.05, 0) is 19.3 Å². The summed E-state index contributed by atoms with van der Waals surface area (Å²) >= 11 is 2.48. The van der Waals surface area contributed by atoms with Crippen LogP contribution < -0.4 is 0 Å². The molecular formula is C13H25IO2. The first kappa shape index (κ1) is 14.7. The monoisotopic (exact) mass is 340 g/mol. The highest BCUT2D eigenvalue weighted by atomic mass is 127. The molecule has 0 saturated heterocycles. The molecule has 0 aliphatic heterocycles. The van der Waals surface area contributed by atoms with Gasteiger partial charge in [-0.15, -0.1) is 0 Å². The number of rotatable bonds is 7. The molecule has 16 heavy (non-hydrogen) atoms. The zero-order valence-electron chi connectivity index (χ0n) is 10.5. The SMILES string of the molecule is CCCOCCOC1(CI)CCCCCC1. The summed E-state index contributed by atoms with van der Waals surface area (Å²) in [6.45, 7) is 4.52. The Balaban J connectivity index is 2.22. The molecule has 0 aromatic heterocycles. The fourth-order valence-corrected chi connectivity index (χ4v) is 3.24. The maximum atomic E-state index is 6.11. The van der Waals surface area contributed by atoms with Crippen molar-refractivity contribution in [2.45, 2.75) is 57.5 Å². The standard InChI is InChI=1S/C13H25IO2/c1-2-9-15-10-11-16-13(12-14)7-5-3-4-6-8-13/h2-12H2,1H3. The molecule has 0 radical (unpaired) electrons. The Bertz CT molecular complexity index is 165. The molecule has 2 nitrogen and oxygen atoms in total. The lowest BCUT2D eigenvalue weighted by molar-refractivity contribution is -0.0599. The Labute approximate surface area is 114 Å². The molecule has 3 heteroatoms. The third-order valence-corrected chi connectivity index (χ3v) is 4.63. The Morgan fingerprint density at radius 1 is 1.00 bits per heavy atom. The number of hydrogen-bond donors (Lipinski definition) is 0. The second kappa shape index (κ2) is 8.70. The molecule has 0 aromatic carbocycles. The molecule has 0 bridgehead atoms. The van der Waals surface area contributed by atoms with Crippen molar-refractivity contribution in [3.63, 3.8) is 0 Å². The van der Waals surface area contributed by atoms with E-state index in [2.05, 4.69) is 29.5 Å². The maximum absolute atomic E-state index is 6.11. The highest BCUT2D eigenvalue weighted by Crippen LogP contribution is 2.32. The van der Waals surface area contributed by atoms with E-state index in [4.69, 9.17) is 9.47 Å². The summed E-state index contributed by atoms with van der Waals surface area (Å²) in [7, 11) is 0. The minimum absolute atomic E-state index is 0.159. The first-order chi connectivity index (χ1) is 7.83. The lowest BCUT2D eigenvalue weighted by Crippen LogP contribution is -2.35. The van der Waals surface area contributed by atoms with E-state index in [9.17, 15) is 0 Å². The maximum Gasteiger partial charge on any atom is 0.0772 e. The number of alkyl halides is 1. The molecule has 1 rings (SSSR count). The van der Waals surface area contributed by atoms with Crippen molar-refractivity contribution in [2.24, 2.45) is 0 Å². The normalized spacial score (nSPS) is 20.6. The zero-order valence-corrected chi connectivity index (χ0v) is 12.6. The van der Waals surface area contributed by atoms with Gasteiger partial charge in [0, 0.05) is 11.0 Å². The lowest BCUT2D eigenvalue weighted by Gasteiger charge is -2.31. The summed E-state index contributed by atoms with van der Waals surface area (Å²) in [4.78, 5) is 0. The van der Waals surface area contributed by atoms with Crippen molar-refractivity contribution in [3.8, 4) is 0 Å². The van der Waals surface area contributed by atoms with E-state index < -0.39 is 0 Å². The van der Waals surface area contributed by atoms with E-state index in [1.807, 2.05) is 0 Å². The highest BCUT2D eigenvalue weighted by Gasteiger charge is 2.30. The van der Waals surface area contributed by atoms with Gasteiger partial charge >= 0.3 is 0 Å². The minimum atomic E-state index is 0.159. The molecule has 0 aromatic rings. The van der Waals surface area contributed by atoms with E-state index in [1.54, 1.807) is 0 Å². The van der Waals surface area contributed by atoms with Gasteiger partial charge in [-0.1, -0.05) is 55.2 Å². The molecule has 1 saturated carbocycles. The molecule has 0 spiro atoms. The van der Waals surface area contributed by atoms with Crippen LogP contribution in [-0.4, -0.2) is 29.8 Å². The van der Waals surface area contributed by atoms with Crippen LogP contribution in [0.4, 0.5) is 0 Å². The average molecular weight is 340 g/mol. The predicted molar refractivity (Wildman–Crippen MR) is 76.4 cm³/mol. The Morgan fingerprint density at radius 3 is 2.25 bits per heavy atom. The van der Waals surface area contributed by atoms with Gasteiger partial charge in [0.1, 0.15) is 0 Å². The smallest absolute Gasteiger partial charge is 0.0772 e. The van der Waals surface area contributed by atoms with Crippen LogP contribution in [-0.2, 0) is 9.47 Å². The first-order valence-electron chi connectivity index (χ1n) is 6.61. The largest absolute Gasteiger partial charge is 0.379 e. The Hall–Kier alpha value is 0.650. The molecule has 0 heterocycles. The summed E-state index contributed by atoms with van der Waals surface area (Å²) in [5.41, 5.74) is 0.159. The van der Waals surface area contributed by atoms with Crippen LogP contribution in [0.2, 0.25) is 0 Å². The van der Waals surface area contributed by atoms with Gasteiger partial charge in [0.2, 0.25) is 0 Å². The topological polar surface area (TPSA) is 18.5 Å². The van der Waals surface area contributed by atoms with Crippen LogP contribution in [0.5, 0.6) is 0 Å². The summed E-state index contributed by atoms with van der Waals surface area (Å²) in [5.74, 6) is 0. The summed E-state index contributed by atoms with van der Waals surface area (Å²) in [6, 6.07) is 0. The van der Waals surface area contributed by atoms with Crippen LogP contribution in [0, 0.1) is 0 Å². The van der Waals surface area contributed by atoms with Crippen LogP contribution in [0.1, 0.15) is 51.9 Å². The van der Waals surface area contributed by atoms with Crippen molar-refractivity contribution >= 4 is 22.6 Å². The van der Waals surface area contributed by atoms with Crippen LogP contribution in [0.25, 0.3) is 0 Å². The van der Waals surface area contributed by atoms with Crippen molar-refractivity contribution in [3.05, 3.63) is 0 Å². The highest BCUT2D eigenvalue weighted by molar-refractivity contribution is 14.1. The second-order valence-corrected chi connectivity index (χ2v) is 5.45. The summed E-state index contributed by atoms with van der Waals surface area (Å²) < 4.78 is 12.7. The fraction of sp³-hybridized carbons (Fsp3) is 1.00.